The first-order chi connectivity index (χ1) is 8.58. The van der Waals surface area contributed by atoms with E-state index in [0.717, 1.165) is 26.2 Å². The molecule has 0 atom stereocenters. The van der Waals surface area contributed by atoms with Gasteiger partial charge in [0, 0.05) is 14.9 Å². The number of halogens is 1. The first-order valence-electron chi connectivity index (χ1n) is 5.21. The van der Waals surface area contributed by atoms with Gasteiger partial charge < -0.3 is 10.5 Å². The third kappa shape index (κ3) is 2.09. The van der Waals surface area contributed by atoms with Gasteiger partial charge in [-0.25, -0.2) is 0 Å². The standard InChI is InChI=1S/C13H11BrN2OS/c1-7-12(16)11(6-15)18-13(7)9-5-8(17-2)3-4-10(9)14/h3-5H,16H2,1-2H3. The second kappa shape index (κ2) is 5.01. The number of rotatable bonds is 2. The smallest absolute Gasteiger partial charge is 0.128 e. The number of nitrogens with zero attached hydrogens (tertiary/aromatic N) is 1. The average Bonchev–Trinajstić information content (AvgIpc) is 2.67. The highest BCUT2D eigenvalue weighted by Gasteiger charge is 2.16. The summed E-state index contributed by atoms with van der Waals surface area (Å²) in [6.07, 6.45) is 0. The van der Waals surface area contributed by atoms with Crippen molar-refractivity contribution in [2.45, 2.75) is 6.92 Å². The van der Waals surface area contributed by atoms with E-state index in [-0.39, 0.29) is 0 Å². The molecular formula is C13H11BrN2OS. The van der Waals surface area contributed by atoms with E-state index in [1.54, 1.807) is 7.11 Å². The van der Waals surface area contributed by atoms with Crippen LogP contribution in [0.5, 0.6) is 5.75 Å². The van der Waals surface area contributed by atoms with Crippen LogP contribution in [-0.4, -0.2) is 7.11 Å². The summed E-state index contributed by atoms with van der Waals surface area (Å²) in [7, 11) is 1.63. The van der Waals surface area contributed by atoms with Crippen molar-refractivity contribution in [1.82, 2.24) is 0 Å². The van der Waals surface area contributed by atoms with E-state index in [4.69, 9.17) is 15.7 Å². The van der Waals surface area contributed by atoms with Gasteiger partial charge in [0.25, 0.3) is 0 Å². The minimum atomic E-state index is 0.553. The average molecular weight is 323 g/mol. The topological polar surface area (TPSA) is 59.0 Å². The number of thiophene rings is 1. The lowest BCUT2D eigenvalue weighted by molar-refractivity contribution is 0.415. The number of nitrogens with two attached hydrogens (primary N) is 1. The summed E-state index contributed by atoms with van der Waals surface area (Å²) in [5.41, 5.74) is 8.40. The van der Waals surface area contributed by atoms with Crippen LogP contribution < -0.4 is 10.5 Å². The Morgan fingerprint density at radius 1 is 1.44 bits per heavy atom. The van der Waals surface area contributed by atoms with Crippen LogP contribution in [0.15, 0.2) is 22.7 Å². The van der Waals surface area contributed by atoms with Crippen LogP contribution in [0, 0.1) is 18.3 Å². The van der Waals surface area contributed by atoms with E-state index < -0.39 is 0 Å². The normalized spacial score (nSPS) is 10.1. The van der Waals surface area contributed by atoms with E-state index in [1.165, 1.54) is 11.3 Å². The molecule has 0 bridgehead atoms. The monoisotopic (exact) mass is 322 g/mol. The number of ether oxygens (including phenoxy) is 1. The van der Waals surface area contributed by atoms with E-state index in [2.05, 4.69) is 22.0 Å². The van der Waals surface area contributed by atoms with Crippen LogP contribution in [0.4, 0.5) is 5.69 Å². The fourth-order valence-electron chi connectivity index (χ4n) is 1.67. The molecule has 5 heteroatoms. The highest BCUT2D eigenvalue weighted by Crippen LogP contribution is 2.41. The van der Waals surface area contributed by atoms with Crippen LogP contribution in [-0.2, 0) is 0 Å². The first-order valence-corrected chi connectivity index (χ1v) is 6.82. The maximum Gasteiger partial charge on any atom is 0.128 e. The lowest BCUT2D eigenvalue weighted by atomic mass is 10.1. The van der Waals surface area contributed by atoms with Crippen LogP contribution in [0.25, 0.3) is 10.4 Å². The Bertz CT molecular complexity index is 643. The van der Waals surface area contributed by atoms with Gasteiger partial charge in [-0.1, -0.05) is 15.9 Å². The molecule has 0 saturated carbocycles. The number of anilines is 1. The molecule has 0 unspecified atom stereocenters. The molecule has 1 aromatic heterocycles. The van der Waals surface area contributed by atoms with E-state index >= 15 is 0 Å². The summed E-state index contributed by atoms with van der Waals surface area (Å²) in [5.74, 6) is 0.776. The molecule has 0 aliphatic rings. The Hall–Kier alpha value is -1.51. The molecule has 2 aromatic rings. The zero-order valence-electron chi connectivity index (χ0n) is 9.95. The summed E-state index contributed by atoms with van der Waals surface area (Å²) in [5, 5.41) is 9.02. The predicted molar refractivity (Wildman–Crippen MR) is 77.9 cm³/mol. The summed E-state index contributed by atoms with van der Waals surface area (Å²) < 4.78 is 6.18. The summed E-state index contributed by atoms with van der Waals surface area (Å²) in [6, 6.07) is 7.86. The van der Waals surface area contributed by atoms with Crippen molar-refractivity contribution in [3.63, 3.8) is 0 Å². The highest BCUT2D eigenvalue weighted by molar-refractivity contribution is 9.10. The predicted octanol–water partition coefficient (Wildman–Crippen LogP) is 3.95. The van der Waals surface area contributed by atoms with Gasteiger partial charge in [-0.05, 0) is 30.7 Å². The van der Waals surface area contributed by atoms with Gasteiger partial charge >= 0.3 is 0 Å². The number of nitriles is 1. The summed E-state index contributed by atoms with van der Waals surface area (Å²) in [6.45, 7) is 1.92. The quantitative estimate of drug-likeness (QED) is 0.910. The summed E-state index contributed by atoms with van der Waals surface area (Å²) in [4.78, 5) is 1.55. The van der Waals surface area contributed by atoms with Crippen molar-refractivity contribution in [3.05, 3.63) is 33.1 Å². The van der Waals surface area contributed by atoms with Gasteiger partial charge in [-0.15, -0.1) is 11.3 Å². The number of benzene rings is 1. The van der Waals surface area contributed by atoms with Gasteiger partial charge in [0.05, 0.1) is 12.8 Å². The molecule has 0 spiro atoms. The number of hydrogen-bond donors (Lipinski definition) is 1. The Morgan fingerprint density at radius 2 is 2.17 bits per heavy atom. The molecule has 0 radical (unpaired) electrons. The third-order valence-corrected chi connectivity index (χ3v) is 4.65. The highest BCUT2D eigenvalue weighted by atomic mass is 79.9. The largest absolute Gasteiger partial charge is 0.497 e. The number of hydrogen-bond acceptors (Lipinski definition) is 4. The van der Waals surface area contributed by atoms with Crippen molar-refractivity contribution in [1.29, 1.82) is 5.26 Å². The maximum atomic E-state index is 9.02. The van der Waals surface area contributed by atoms with E-state index in [9.17, 15) is 0 Å². The van der Waals surface area contributed by atoms with Gasteiger partial charge in [-0.2, -0.15) is 5.26 Å². The molecule has 1 heterocycles. The molecule has 0 aliphatic heterocycles. The Morgan fingerprint density at radius 3 is 2.72 bits per heavy atom. The Kier molecular flexibility index (Phi) is 3.60. The zero-order valence-corrected chi connectivity index (χ0v) is 12.4. The second-order valence-electron chi connectivity index (χ2n) is 3.76. The minimum absolute atomic E-state index is 0.553. The van der Waals surface area contributed by atoms with Crippen molar-refractivity contribution in [2.24, 2.45) is 0 Å². The van der Waals surface area contributed by atoms with Crippen molar-refractivity contribution in [2.75, 3.05) is 12.8 Å². The lowest BCUT2D eigenvalue weighted by Crippen LogP contribution is -1.88. The molecule has 92 valence electrons. The van der Waals surface area contributed by atoms with Gasteiger partial charge in [0.15, 0.2) is 0 Å². The SMILES string of the molecule is COc1ccc(Br)c(-c2sc(C#N)c(N)c2C)c1. The first kappa shape index (κ1) is 12.9. The van der Waals surface area contributed by atoms with Crippen molar-refractivity contribution < 1.29 is 4.74 Å². The molecule has 2 rings (SSSR count). The minimum Gasteiger partial charge on any atom is -0.497 e. The molecule has 0 amide bonds. The molecule has 0 aliphatic carbocycles. The van der Waals surface area contributed by atoms with Gasteiger partial charge in [0.1, 0.15) is 16.7 Å². The fraction of sp³-hybridized carbons (Fsp3) is 0.154. The number of nitrogen functional groups attached to an aromatic ring is 1. The molecule has 2 N–H and O–H groups in total. The van der Waals surface area contributed by atoms with E-state index in [0.29, 0.717) is 10.6 Å². The molecule has 0 saturated heterocycles. The fourth-order valence-corrected chi connectivity index (χ4v) is 3.30. The number of methoxy groups -OCH3 is 1. The van der Waals surface area contributed by atoms with Crippen molar-refractivity contribution in [3.8, 4) is 22.3 Å². The summed E-state index contributed by atoms with van der Waals surface area (Å²) >= 11 is 4.91. The zero-order chi connectivity index (χ0) is 13.3. The third-order valence-electron chi connectivity index (χ3n) is 2.71. The van der Waals surface area contributed by atoms with Crippen LogP contribution in [0.3, 0.4) is 0 Å². The molecule has 18 heavy (non-hydrogen) atoms. The van der Waals surface area contributed by atoms with Crippen LogP contribution >= 0.6 is 27.3 Å². The Labute approximate surface area is 118 Å². The second-order valence-corrected chi connectivity index (χ2v) is 5.63. The van der Waals surface area contributed by atoms with E-state index in [1.807, 2.05) is 25.1 Å². The molecule has 3 nitrogen and oxygen atoms in total. The molecule has 0 fully saturated rings. The Balaban J connectivity index is 2.66. The maximum absolute atomic E-state index is 9.02. The van der Waals surface area contributed by atoms with Crippen LogP contribution in [0.1, 0.15) is 10.4 Å². The molecule has 1 aromatic carbocycles. The lowest BCUT2D eigenvalue weighted by Gasteiger charge is -2.06. The van der Waals surface area contributed by atoms with Crippen LogP contribution in [0.2, 0.25) is 0 Å². The van der Waals surface area contributed by atoms with Gasteiger partial charge in [-0.3, -0.25) is 0 Å². The van der Waals surface area contributed by atoms with Crippen molar-refractivity contribution >= 4 is 33.0 Å². The molecular weight excluding hydrogens is 312 g/mol. The van der Waals surface area contributed by atoms with Gasteiger partial charge in [0.2, 0.25) is 0 Å².